The number of aliphatic hydroxyl groups is 1. The first-order chi connectivity index (χ1) is 15.1. The number of halogens is 3. The van der Waals surface area contributed by atoms with Crippen LogP contribution in [0.25, 0.3) is 0 Å². The number of nitrogens with zero attached hydrogens (tertiary/aromatic N) is 2. The number of hydrogen-bond acceptors (Lipinski definition) is 5. The van der Waals surface area contributed by atoms with E-state index in [2.05, 4.69) is 4.90 Å². The van der Waals surface area contributed by atoms with Crippen LogP contribution < -0.4 is 0 Å². The number of hydrogen-bond donors (Lipinski definition) is 1. The predicted molar refractivity (Wildman–Crippen MR) is 117 cm³/mol. The van der Waals surface area contributed by atoms with Gasteiger partial charge < -0.3 is 14.7 Å². The van der Waals surface area contributed by atoms with Crippen LogP contribution in [-0.4, -0.2) is 74.8 Å². The van der Waals surface area contributed by atoms with Gasteiger partial charge in [0.2, 0.25) is 10.0 Å². The van der Waals surface area contributed by atoms with E-state index in [4.69, 9.17) is 9.84 Å². The molecule has 0 aliphatic heterocycles. The molecule has 0 aromatic heterocycles. The summed E-state index contributed by atoms with van der Waals surface area (Å²) in [6.07, 6.45) is 0.367. The molecule has 0 bridgehead atoms. The van der Waals surface area contributed by atoms with E-state index < -0.39 is 21.8 Å². The van der Waals surface area contributed by atoms with Gasteiger partial charge in [-0.25, -0.2) is 8.42 Å². The summed E-state index contributed by atoms with van der Waals surface area (Å²) in [4.78, 5) is 1.96. The highest BCUT2D eigenvalue weighted by molar-refractivity contribution is 7.89. The molecule has 1 N–H and O–H groups in total. The van der Waals surface area contributed by atoms with Gasteiger partial charge in [-0.05, 0) is 76.4 Å². The quantitative estimate of drug-likeness (QED) is 0.462. The van der Waals surface area contributed by atoms with Crippen LogP contribution in [0.2, 0.25) is 0 Å². The Morgan fingerprint density at radius 3 is 2.22 bits per heavy atom. The first-order valence-electron chi connectivity index (χ1n) is 11.2. The molecule has 6 nitrogen and oxygen atoms in total. The maximum absolute atomic E-state index is 13.0. The molecule has 1 fully saturated rings. The summed E-state index contributed by atoms with van der Waals surface area (Å²) in [5.74, 6) is 0. The van der Waals surface area contributed by atoms with Gasteiger partial charge >= 0.3 is 6.18 Å². The minimum absolute atomic E-state index is 0.105. The van der Waals surface area contributed by atoms with E-state index in [0.29, 0.717) is 26.0 Å². The Morgan fingerprint density at radius 2 is 1.69 bits per heavy atom. The molecule has 1 saturated carbocycles. The van der Waals surface area contributed by atoms with E-state index in [1.807, 2.05) is 7.05 Å². The smallest absolute Gasteiger partial charge is 0.395 e. The molecule has 10 heteroatoms. The maximum Gasteiger partial charge on any atom is 0.416 e. The minimum atomic E-state index is -4.50. The van der Waals surface area contributed by atoms with Crippen LogP contribution in [0.4, 0.5) is 13.2 Å². The van der Waals surface area contributed by atoms with Crippen molar-refractivity contribution in [1.29, 1.82) is 0 Å². The fourth-order valence-corrected chi connectivity index (χ4v) is 5.79. The number of likely N-dealkylation sites (N-methyl/N-ethyl adjacent to an activating group) is 1. The number of benzene rings is 1. The number of ether oxygens (including phenoxy) is 1. The summed E-state index contributed by atoms with van der Waals surface area (Å²) in [5, 5.41) is 8.89. The maximum atomic E-state index is 13.0. The molecule has 1 aliphatic rings. The standard InChI is InChI=1S/C22H35F3N2O4S/c1-3-27(32(29,30)21-12-6-18(7-13-21)22(23,24)25)19-8-10-20(11-9-19)31-17-5-4-14-26(2)15-16-28/h6-7,12-13,19-20,28H,3-5,8-11,14-17H2,1-2H3/t19-,20-. The van der Waals surface area contributed by atoms with E-state index in [1.165, 1.54) is 4.31 Å². The van der Waals surface area contributed by atoms with Crippen LogP contribution in [0, 0.1) is 0 Å². The molecule has 0 radical (unpaired) electrons. The number of alkyl halides is 3. The molecule has 184 valence electrons. The third kappa shape index (κ3) is 7.69. The van der Waals surface area contributed by atoms with E-state index in [-0.39, 0.29) is 30.2 Å². The van der Waals surface area contributed by atoms with Crippen LogP contribution in [-0.2, 0) is 20.9 Å². The monoisotopic (exact) mass is 480 g/mol. The zero-order valence-electron chi connectivity index (χ0n) is 18.9. The second kappa shape index (κ2) is 12.3. The number of sulfonamides is 1. The normalized spacial score (nSPS) is 20.2. The molecule has 0 spiro atoms. The summed E-state index contributed by atoms with van der Waals surface area (Å²) in [6.45, 7) is 4.39. The van der Waals surface area contributed by atoms with Crippen molar-refractivity contribution in [2.24, 2.45) is 0 Å². The van der Waals surface area contributed by atoms with Crippen LogP contribution >= 0.6 is 0 Å². The molecule has 0 saturated heterocycles. The van der Waals surface area contributed by atoms with Crippen LogP contribution in [0.5, 0.6) is 0 Å². The third-order valence-corrected chi connectivity index (χ3v) is 7.96. The number of unbranched alkanes of at least 4 members (excludes halogenated alkanes) is 1. The summed E-state index contributed by atoms with van der Waals surface area (Å²) in [6, 6.07) is 3.51. The fraction of sp³-hybridized carbons (Fsp3) is 0.727. The van der Waals surface area contributed by atoms with Gasteiger partial charge in [0, 0.05) is 25.7 Å². The van der Waals surface area contributed by atoms with Gasteiger partial charge in [-0.15, -0.1) is 0 Å². The van der Waals surface area contributed by atoms with E-state index >= 15 is 0 Å². The third-order valence-electron chi connectivity index (χ3n) is 5.92. The lowest BCUT2D eigenvalue weighted by atomic mass is 9.93. The fourth-order valence-electron chi connectivity index (χ4n) is 4.09. The van der Waals surface area contributed by atoms with Crippen molar-refractivity contribution in [1.82, 2.24) is 9.21 Å². The average molecular weight is 481 g/mol. The second-order valence-electron chi connectivity index (χ2n) is 8.27. The largest absolute Gasteiger partial charge is 0.416 e. The molecular formula is C22H35F3N2O4S. The van der Waals surface area contributed by atoms with Crippen molar-refractivity contribution >= 4 is 10.0 Å². The van der Waals surface area contributed by atoms with Gasteiger partial charge in [0.1, 0.15) is 0 Å². The second-order valence-corrected chi connectivity index (χ2v) is 10.2. The lowest BCUT2D eigenvalue weighted by Gasteiger charge is -2.35. The van der Waals surface area contributed by atoms with Gasteiger partial charge in [0.05, 0.1) is 23.2 Å². The Bertz CT molecular complexity index is 779. The van der Waals surface area contributed by atoms with Crippen molar-refractivity contribution in [3.05, 3.63) is 29.8 Å². The zero-order chi connectivity index (χ0) is 23.8. The van der Waals surface area contributed by atoms with Crippen molar-refractivity contribution < 1.29 is 31.4 Å². The van der Waals surface area contributed by atoms with Crippen molar-refractivity contribution in [3.63, 3.8) is 0 Å². The molecule has 2 rings (SSSR count). The molecule has 32 heavy (non-hydrogen) atoms. The molecule has 1 aromatic rings. The summed E-state index contributed by atoms with van der Waals surface area (Å²) in [5.41, 5.74) is -0.864. The van der Waals surface area contributed by atoms with Gasteiger partial charge in [-0.1, -0.05) is 6.92 Å². The van der Waals surface area contributed by atoms with E-state index in [9.17, 15) is 21.6 Å². The summed E-state index contributed by atoms with van der Waals surface area (Å²) < 4.78 is 71.8. The summed E-state index contributed by atoms with van der Waals surface area (Å²) in [7, 11) is -1.90. The van der Waals surface area contributed by atoms with Crippen LogP contribution in [0.15, 0.2) is 29.2 Å². The van der Waals surface area contributed by atoms with Gasteiger partial charge in [-0.3, -0.25) is 0 Å². The molecule has 1 aliphatic carbocycles. The topological polar surface area (TPSA) is 70.1 Å². The molecule has 0 atom stereocenters. The Balaban J connectivity index is 1.84. The van der Waals surface area contributed by atoms with Gasteiger partial charge in [0.25, 0.3) is 0 Å². The zero-order valence-corrected chi connectivity index (χ0v) is 19.7. The molecule has 0 amide bonds. The first-order valence-corrected chi connectivity index (χ1v) is 12.6. The molecular weight excluding hydrogens is 445 g/mol. The minimum Gasteiger partial charge on any atom is -0.395 e. The van der Waals surface area contributed by atoms with Crippen molar-refractivity contribution in [2.75, 3.05) is 39.9 Å². The van der Waals surface area contributed by atoms with Crippen molar-refractivity contribution in [3.8, 4) is 0 Å². The summed E-state index contributed by atoms with van der Waals surface area (Å²) >= 11 is 0. The highest BCUT2D eigenvalue weighted by Crippen LogP contribution is 2.32. The Morgan fingerprint density at radius 1 is 1.06 bits per heavy atom. The van der Waals surface area contributed by atoms with E-state index in [1.54, 1.807) is 6.92 Å². The lowest BCUT2D eigenvalue weighted by molar-refractivity contribution is -0.137. The number of rotatable bonds is 12. The highest BCUT2D eigenvalue weighted by Gasteiger charge is 2.35. The van der Waals surface area contributed by atoms with Gasteiger partial charge in [0.15, 0.2) is 0 Å². The highest BCUT2D eigenvalue weighted by atomic mass is 32.2. The Labute approximate surface area is 189 Å². The average Bonchev–Trinajstić information content (AvgIpc) is 2.74. The first kappa shape index (κ1) is 27.0. The number of aliphatic hydroxyl groups excluding tert-OH is 1. The molecule has 1 aromatic carbocycles. The van der Waals surface area contributed by atoms with Crippen LogP contribution in [0.3, 0.4) is 0 Å². The van der Waals surface area contributed by atoms with Crippen molar-refractivity contribution in [2.45, 2.75) is 68.7 Å². The Kier molecular flexibility index (Phi) is 10.4. The predicted octanol–water partition coefficient (Wildman–Crippen LogP) is 3.75. The lowest BCUT2D eigenvalue weighted by Crippen LogP contribution is -2.43. The SMILES string of the molecule is CCN([C@H]1CC[C@H](OCCCCN(C)CCO)CC1)S(=O)(=O)c1ccc(C(F)(F)F)cc1. The van der Waals surface area contributed by atoms with Gasteiger partial charge in [-0.2, -0.15) is 17.5 Å². The van der Waals surface area contributed by atoms with E-state index in [0.717, 1.165) is 56.5 Å². The van der Waals surface area contributed by atoms with Crippen LogP contribution in [0.1, 0.15) is 51.0 Å². The Hall–Kier alpha value is -1.20. The molecule has 0 unspecified atom stereocenters. The molecule has 0 heterocycles.